The number of nitro groups is 2. The largest absolute Gasteiger partial charge is 0.399 e. The second-order valence-corrected chi connectivity index (χ2v) is 11.5. The molecule has 3 aliphatic rings. The molecule has 0 radical (unpaired) electrons. The van der Waals surface area contributed by atoms with Gasteiger partial charge in [0.2, 0.25) is 0 Å². The number of benzene rings is 3. The highest BCUT2D eigenvalue weighted by Crippen LogP contribution is 2.27. The van der Waals surface area contributed by atoms with E-state index in [1.165, 1.54) is 57.3 Å². The summed E-state index contributed by atoms with van der Waals surface area (Å²) in [7, 11) is 0. The Morgan fingerprint density at radius 3 is 1.41 bits per heavy atom. The topological polar surface area (TPSA) is 131 Å². The van der Waals surface area contributed by atoms with Gasteiger partial charge in [-0.3, -0.25) is 20.2 Å². The second kappa shape index (κ2) is 20.5. The Kier molecular flexibility index (Phi) is 17.9. The maximum absolute atomic E-state index is 12.1. The number of non-ortho nitro benzene ring substituents is 2. The molecule has 0 aliphatic carbocycles. The Balaban J connectivity index is 0.000000315. The molecule has 3 saturated heterocycles. The third kappa shape index (κ3) is 13.0. The van der Waals surface area contributed by atoms with E-state index < -0.39 is 10.7 Å². The van der Waals surface area contributed by atoms with Gasteiger partial charge in [0, 0.05) is 72.5 Å². The first-order chi connectivity index (χ1) is 21.0. The van der Waals surface area contributed by atoms with E-state index in [4.69, 9.17) is 5.73 Å². The first kappa shape index (κ1) is 40.4. The average molecular weight is 682 g/mol. The molecule has 3 fully saturated rings. The van der Waals surface area contributed by atoms with Gasteiger partial charge < -0.3 is 20.9 Å². The summed E-state index contributed by atoms with van der Waals surface area (Å²) in [5.41, 5.74) is 8.94. The monoisotopic (exact) mass is 680 g/mol. The van der Waals surface area contributed by atoms with Crippen molar-refractivity contribution in [2.24, 2.45) is 0 Å². The summed E-state index contributed by atoms with van der Waals surface area (Å²) in [6.07, 6.45) is 7.78. The Morgan fingerprint density at radius 2 is 1.11 bits per heavy atom. The van der Waals surface area contributed by atoms with E-state index in [0.717, 1.165) is 48.2 Å². The minimum absolute atomic E-state index is 0. The second-order valence-electron chi connectivity index (χ2n) is 11.5. The summed E-state index contributed by atoms with van der Waals surface area (Å²) < 4.78 is 12.1. The predicted molar refractivity (Wildman–Crippen MR) is 190 cm³/mol. The zero-order valence-corrected chi connectivity index (χ0v) is 28.4. The molecular formula is C33H47Cl2FN6O4. The molecule has 3 aliphatic heterocycles. The molecule has 10 nitrogen and oxygen atoms in total. The smallest absolute Gasteiger partial charge is 0.269 e. The first-order valence-electron chi connectivity index (χ1n) is 15.3. The number of nitro benzene ring substituents is 2. The van der Waals surface area contributed by atoms with E-state index in [9.17, 15) is 24.6 Å². The maximum atomic E-state index is 12.1. The third-order valence-corrected chi connectivity index (χ3v) is 8.07. The van der Waals surface area contributed by atoms with E-state index in [1.54, 1.807) is 12.1 Å². The van der Waals surface area contributed by atoms with Crippen LogP contribution in [0.3, 0.4) is 0 Å². The summed E-state index contributed by atoms with van der Waals surface area (Å²) >= 11 is 0. The lowest BCUT2D eigenvalue weighted by Crippen LogP contribution is -2.25. The molecule has 0 amide bonds. The van der Waals surface area contributed by atoms with Crippen molar-refractivity contribution in [2.45, 2.75) is 77.4 Å². The van der Waals surface area contributed by atoms with Crippen LogP contribution in [0, 0.1) is 26.0 Å². The molecule has 0 spiro atoms. The highest BCUT2D eigenvalue weighted by Gasteiger charge is 2.21. The molecule has 3 heterocycles. The van der Waals surface area contributed by atoms with Crippen LogP contribution >= 0.6 is 24.8 Å². The summed E-state index contributed by atoms with van der Waals surface area (Å²) in [5.74, 6) is -0.467. The molecule has 3 aromatic carbocycles. The molecule has 3 aromatic rings. The number of nitrogens with one attached hydrogen (secondary N) is 1. The molecule has 254 valence electrons. The molecule has 6 rings (SSSR count). The van der Waals surface area contributed by atoms with E-state index >= 15 is 0 Å². The molecule has 46 heavy (non-hydrogen) atoms. The normalized spacial score (nSPS) is 19.5. The summed E-state index contributed by atoms with van der Waals surface area (Å²) in [6, 6.07) is 21.3. The van der Waals surface area contributed by atoms with Gasteiger partial charge in [0.25, 0.3) is 11.4 Å². The number of hydrogen-bond donors (Lipinski definition) is 2. The highest BCUT2D eigenvalue weighted by atomic mass is 35.5. The highest BCUT2D eigenvalue weighted by molar-refractivity contribution is 5.85. The summed E-state index contributed by atoms with van der Waals surface area (Å²) in [5, 5.41) is 23.8. The number of anilines is 3. The van der Waals surface area contributed by atoms with Crippen molar-refractivity contribution in [3.8, 4) is 0 Å². The van der Waals surface area contributed by atoms with Crippen molar-refractivity contribution < 1.29 is 14.2 Å². The van der Waals surface area contributed by atoms with E-state index in [-0.39, 0.29) is 41.1 Å². The Morgan fingerprint density at radius 1 is 0.696 bits per heavy atom. The van der Waals surface area contributed by atoms with Gasteiger partial charge in [-0.05, 0) is 114 Å². The Labute approximate surface area is 283 Å². The van der Waals surface area contributed by atoms with Crippen molar-refractivity contribution in [2.75, 3.05) is 35.2 Å². The zero-order valence-electron chi connectivity index (χ0n) is 26.7. The maximum Gasteiger partial charge on any atom is 0.269 e. The van der Waals surface area contributed by atoms with Gasteiger partial charge in [-0.2, -0.15) is 0 Å². The summed E-state index contributed by atoms with van der Waals surface area (Å²) in [6.45, 7) is 10.2. The molecular weight excluding hydrogens is 634 g/mol. The van der Waals surface area contributed by atoms with Gasteiger partial charge in [0.05, 0.1) is 9.85 Å². The molecule has 3 N–H and O–H groups in total. The average Bonchev–Trinajstić information content (AvgIpc) is 3.78. The van der Waals surface area contributed by atoms with Crippen molar-refractivity contribution in [3.05, 3.63) is 98.8 Å². The molecule has 13 heteroatoms. The van der Waals surface area contributed by atoms with E-state index in [0.29, 0.717) is 12.1 Å². The van der Waals surface area contributed by atoms with Crippen molar-refractivity contribution in [1.82, 2.24) is 5.32 Å². The zero-order chi connectivity index (χ0) is 32.1. The number of rotatable bonds is 4. The Bertz CT molecular complexity index is 1310. The number of halogens is 3. The van der Waals surface area contributed by atoms with Gasteiger partial charge in [-0.15, -0.1) is 24.8 Å². The minimum atomic E-state index is -0.570. The van der Waals surface area contributed by atoms with E-state index in [2.05, 4.69) is 48.0 Å². The van der Waals surface area contributed by atoms with Crippen LogP contribution in [0.5, 0.6) is 0 Å². The molecule has 0 bridgehead atoms. The van der Waals surface area contributed by atoms with Crippen LogP contribution in [0.4, 0.5) is 32.8 Å². The van der Waals surface area contributed by atoms with E-state index in [1.807, 2.05) is 24.3 Å². The molecule has 3 atom stereocenters. The number of nitrogens with two attached hydrogens (primary N) is 1. The standard InChI is InChI=1S/C11H14N2O2.C11H16N2.C6H4FNO2.C5H11N.2ClH/c1-9-3-2-8-12(9)10-4-6-11(7-5-10)13(14)15;1-9-3-2-8-13(9)11-6-4-10(12)5-7-11;7-5-1-3-6(4-2-5)8(9)10;1-5-3-2-4-6-5;;/h4-7,9H,2-3,8H2,1H3;4-7,9H,2-3,8,12H2,1H3;1-4H;5-6H,2-4H2,1H3;2*1H. The number of nitrogen functional groups attached to an aromatic ring is 1. The van der Waals surface area contributed by atoms with Crippen molar-refractivity contribution in [3.63, 3.8) is 0 Å². The molecule has 3 unspecified atom stereocenters. The van der Waals surface area contributed by atoms with Crippen LogP contribution < -0.4 is 20.9 Å². The quantitative estimate of drug-likeness (QED) is 0.160. The molecule has 0 aromatic heterocycles. The fraction of sp³-hybridized carbons (Fsp3) is 0.455. The lowest BCUT2D eigenvalue weighted by Gasteiger charge is -2.23. The summed E-state index contributed by atoms with van der Waals surface area (Å²) in [4.78, 5) is 24.3. The van der Waals surface area contributed by atoms with Gasteiger partial charge in [0.1, 0.15) is 5.82 Å². The van der Waals surface area contributed by atoms with Crippen molar-refractivity contribution >= 4 is 53.3 Å². The minimum Gasteiger partial charge on any atom is -0.399 e. The third-order valence-electron chi connectivity index (χ3n) is 8.07. The van der Waals surface area contributed by atoms with Crippen molar-refractivity contribution in [1.29, 1.82) is 0 Å². The van der Waals surface area contributed by atoms with Crippen LogP contribution in [0.15, 0.2) is 72.8 Å². The first-order valence-corrected chi connectivity index (χ1v) is 15.3. The van der Waals surface area contributed by atoms with Gasteiger partial charge in [-0.1, -0.05) is 0 Å². The lowest BCUT2D eigenvalue weighted by molar-refractivity contribution is -0.385. The predicted octanol–water partition coefficient (Wildman–Crippen LogP) is 8.18. The van der Waals surface area contributed by atoms with Gasteiger partial charge >= 0.3 is 0 Å². The fourth-order valence-corrected chi connectivity index (χ4v) is 5.49. The Hall–Kier alpha value is -3.67. The van der Waals surface area contributed by atoms with Crippen LogP contribution in [-0.4, -0.2) is 47.6 Å². The van der Waals surface area contributed by atoms with Gasteiger partial charge in [-0.25, -0.2) is 4.39 Å². The van der Waals surface area contributed by atoms with Crippen LogP contribution in [0.1, 0.15) is 59.3 Å². The van der Waals surface area contributed by atoms with Crippen LogP contribution in [0.2, 0.25) is 0 Å². The van der Waals surface area contributed by atoms with Crippen LogP contribution in [0.25, 0.3) is 0 Å². The number of hydrogen-bond acceptors (Lipinski definition) is 8. The van der Waals surface area contributed by atoms with Gasteiger partial charge in [0.15, 0.2) is 0 Å². The lowest BCUT2D eigenvalue weighted by atomic mass is 10.2. The molecule has 0 saturated carbocycles. The van der Waals surface area contributed by atoms with Crippen LogP contribution in [-0.2, 0) is 0 Å². The fourth-order valence-electron chi connectivity index (χ4n) is 5.49. The number of nitrogens with zero attached hydrogens (tertiary/aromatic N) is 4. The SMILES string of the molecule is CC1CCCN1.CC1CCCN1c1ccc(N)cc1.CC1CCCN1c1ccc([N+](=O)[O-])cc1.Cl.Cl.O=[N+]([O-])c1ccc(F)cc1.